The van der Waals surface area contributed by atoms with Crippen LogP contribution in [0.5, 0.6) is 0 Å². The number of hydrogen-bond acceptors (Lipinski definition) is 3. The fraction of sp³-hybridized carbons (Fsp3) is 0.917. The zero-order chi connectivity index (χ0) is 12.0. The molecular formula is C12H25N3O. The van der Waals surface area contributed by atoms with Crippen molar-refractivity contribution >= 4 is 5.91 Å². The lowest BCUT2D eigenvalue weighted by molar-refractivity contribution is -0.121. The minimum atomic E-state index is 0.131. The molecular weight excluding hydrogens is 202 g/mol. The molecule has 0 spiro atoms. The first-order valence-corrected chi connectivity index (χ1v) is 6.23. The Kier molecular flexibility index (Phi) is 5.77. The van der Waals surface area contributed by atoms with E-state index in [1.165, 1.54) is 25.7 Å². The Morgan fingerprint density at radius 3 is 2.31 bits per heavy atom. The summed E-state index contributed by atoms with van der Waals surface area (Å²) in [5.41, 5.74) is 5.65. The van der Waals surface area contributed by atoms with E-state index in [1.807, 2.05) is 19.0 Å². The highest BCUT2D eigenvalue weighted by molar-refractivity contribution is 5.77. The summed E-state index contributed by atoms with van der Waals surface area (Å²) >= 11 is 0. The molecule has 0 aromatic heterocycles. The van der Waals surface area contributed by atoms with E-state index >= 15 is 0 Å². The molecule has 0 aliphatic heterocycles. The molecule has 4 heteroatoms. The molecule has 1 fully saturated rings. The zero-order valence-electron chi connectivity index (χ0n) is 10.5. The highest BCUT2D eigenvalue weighted by atomic mass is 16.1. The molecule has 0 unspecified atom stereocenters. The molecule has 1 aliphatic carbocycles. The first-order valence-electron chi connectivity index (χ1n) is 6.23. The van der Waals surface area contributed by atoms with Gasteiger partial charge in [0.15, 0.2) is 0 Å². The van der Waals surface area contributed by atoms with E-state index in [0.717, 1.165) is 13.1 Å². The minimum Gasteiger partial charge on any atom is -0.355 e. The average Bonchev–Trinajstić information content (AvgIpc) is 2.26. The SMILES string of the molecule is CN(C)CC(=O)NCC1CCC(CN)CC1. The number of carbonyl (C=O) groups is 1. The van der Waals surface area contributed by atoms with E-state index < -0.39 is 0 Å². The van der Waals surface area contributed by atoms with Crippen LogP contribution in [-0.2, 0) is 4.79 Å². The van der Waals surface area contributed by atoms with Gasteiger partial charge in [-0.2, -0.15) is 0 Å². The number of likely N-dealkylation sites (N-methyl/N-ethyl adjacent to an activating group) is 1. The second-order valence-electron chi connectivity index (χ2n) is 5.16. The lowest BCUT2D eigenvalue weighted by atomic mass is 9.82. The molecule has 0 aromatic carbocycles. The summed E-state index contributed by atoms with van der Waals surface area (Å²) in [5, 5.41) is 3.00. The van der Waals surface area contributed by atoms with Crippen molar-refractivity contribution in [2.24, 2.45) is 17.6 Å². The number of rotatable bonds is 5. The number of carbonyl (C=O) groups excluding carboxylic acids is 1. The van der Waals surface area contributed by atoms with E-state index in [2.05, 4.69) is 5.32 Å². The predicted octanol–water partition coefficient (Wildman–Crippen LogP) is 0.429. The van der Waals surface area contributed by atoms with E-state index in [9.17, 15) is 4.79 Å². The van der Waals surface area contributed by atoms with Crippen LogP contribution in [0, 0.1) is 11.8 Å². The lowest BCUT2D eigenvalue weighted by Gasteiger charge is -2.27. The van der Waals surface area contributed by atoms with Crippen molar-refractivity contribution < 1.29 is 4.79 Å². The maximum atomic E-state index is 11.4. The van der Waals surface area contributed by atoms with Gasteiger partial charge in [-0.1, -0.05) is 0 Å². The molecule has 1 saturated carbocycles. The normalized spacial score (nSPS) is 25.8. The highest BCUT2D eigenvalue weighted by Crippen LogP contribution is 2.27. The maximum Gasteiger partial charge on any atom is 0.234 e. The number of hydrogen-bond donors (Lipinski definition) is 2. The summed E-state index contributed by atoms with van der Waals surface area (Å²) in [6, 6.07) is 0. The van der Waals surface area contributed by atoms with Crippen LogP contribution in [0.2, 0.25) is 0 Å². The number of nitrogens with two attached hydrogens (primary N) is 1. The number of nitrogens with zero attached hydrogens (tertiary/aromatic N) is 1. The third-order valence-electron chi connectivity index (χ3n) is 3.35. The Balaban J connectivity index is 2.12. The zero-order valence-corrected chi connectivity index (χ0v) is 10.5. The smallest absolute Gasteiger partial charge is 0.234 e. The van der Waals surface area contributed by atoms with Crippen molar-refractivity contribution in [2.75, 3.05) is 33.7 Å². The van der Waals surface area contributed by atoms with Crippen molar-refractivity contribution in [3.05, 3.63) is 0 Å². The lowest BCUT2D eigenvalue weighted by Crippen LogP contribution is -2.37. The van der Waals surface area contributed by atoms with Gasteiger partial charge in [-0.15, -0.1) is 0 Å². The highest BCUT2D eigenvalue weighted by Gasteiger charge is 2.20. The van der Waals surface area contributed by atoms with Gasteiger partial charge in [0, 0.05) is 6.54 Å². The molecule has 0 bridgehead atoms. The van der Waals surface area contributed by atoms with Crippen LogP contribution >= 0.6 is 0 Å². The summed E-state index contributed by atoms with van der Waals surface area (Å²) < 4.78 is 0. The van der Waals surface area contributed by atoms with Crippen LogP contribution in [-0.4, -0.2) is 44.5 Å². The fourth-order valence-corrected chi connectivity index (χ4v) is 2.27. The average molecular weight is 227 g/mol. The van der Waals surface area contributed by atoms with Gasteiger partial charge >= 0.3 is 0 Å². The molecule has 94 valence electrons. The molecule has 1 rings (SSSR count). The summed E-state index contributed by atoms with van der Waals surface area (Å²) in [7, 11) is 3.82. The van der Waals surface area contributed by atoms with E-state index in [-0.39, 0.29) is 5.91 Å². The van der Waals surface area contributed by atoms with Crippen LogP contribution < -0.4 is 11.1 Å². The van der Waals surface area contributed by atoms with Crippen molar-refractivity contribution in [2.45, 2.75) is 25.7 Å². The quantitative estimate of drug-likeness (QED) is 0.716. The van der Waals surface area contributed by atoms with Crippen LogP contribution in [0.25, 0.3) is 0 Å². The summed E-state index contributed by atoms with van der Waals surface area (Å²) in [5.74, 6) is 1.51. The molecule has 3 N–H and O–H groups in total. The van der Waals surface area contributed by atoms with E-state index in [4.69, 9.17) is 5.73 Å². The van der Waals surface area contributed by atoms with Gasteiger partial charge in [0.05, 0.1) is 6.54 Å². The molecule has 4 nitrogen and oxygen atoms in total. The van der Waals surface area contributed by atoms with Gasteiger partial charge in [-0.3, -0.25) is 4.79 Å². The van der Waals surface area contributed by atoms with Gasteiger partial charge in [0.2, 0.25) is 5.91 Å². The summed E-state index contributed by atoms with van der Waals surface area (Å²) in [6.07, 6.45) is 4.88. The van der Waals surface area contributed by atoms with Gasteiger partial charge in [0.1, 0.15) is 0 Å². The monoisotopic (exact) mass is 227 g/mol. The van der Waals surface area contributed by atoms with Crippen LogP contribution in [0.4, 0.5) is 0 Å². The largest absolute Gasteiger partial charge is 0.355 e. The molecule has 0 aromatic rings. The predicted molar refractivity (Wildman–Crippen MR) is 66.1 cm³/mol. The van der Waals surface area contributed by atoms with Crippen molar-refractivity contribution in [3.63, 3.8) is 0 Å². The second kappa shape index (κ2) is 6.86. The molecule has 1 amide bonds. The van der Waals surface area contributed by atoms with Gasteiger partial charge in [-0.05, 0) is 58.2 Å². The Bertz CT molecular complexity index is 210. The second-order valence-corrected chi connectivity index (χ2v) is 5.16. The van der Waals surface area contributed by atoms with Gasteiger partial charge < -0.3 is 16.0 Å². The Labute approximate surface area is 98.6 Å². The summed E-state index contributed by atoms with van der Waals surface area (Å²) in [6.45, 7) is 2.14. The summed E-state index contributed by atoms with van der Waals surface area (Å²) in [4.78, 5) is 13.3. The molecule has 0 heterocycles. The van der Waals surface area contributed by atoms with Crippen LogP contribution in [0.15, 0.2) is 0 Å². The topological polar surface area (TPSA) is 58.4 Å². The molecule has 0 radical (unpaired) electrons. The Morgan fingerprint density at radius 2 is 1.81 bits per heavy atom. The standard InChI is InChI=1S/C12H25N3O/c1-15(2)9-12(16)14-8-11-5-3-10(7-13)4-6-11/h10-11H,3-9,13H2,1-2H3,(H,14,16). The van der Waals surface area contributed by atoms with Crippen molar-refractivity contribution in [1.82, 2.24) is 10.2 Å². The maximum absolute atomic E-state index is 11.4. The first-order chi connectivity index (χ1) is 7.61. The molecule has 0 saturated heterocycles. The number of amides is 1. The van der Waals surface area contributed by atoms with E-state index in [1.54, 1.807) is 0 Å². The Hall–Kier alpha value is -0.610. The molecule has 1 aliphatic rings. The fourth-order valence-electron chi connectivity index (χ4n) is 2.27. The van der Waals surface area contributed by atoms with Gasteiger partial charge in [-0.25, -0.2) is 0 Å². The third-order valence-corrected chi connectivity index (χ3v) is 3.35. The molecule has 16 heavy (non-hydrogen) atoms. The van der Waals surface area contributed by atoms with Crippen molar-refractivity contribution in [3.8, 4) is 0 Å². The first kappa shape index (κ1) is 13.5. The van der Waals surface area contributed by atoms with Gasteiger partial charge in [0.25, 0.3) is 0 Å². The van der Waals surface area contributed by atoms with E-state index in [0.29, 0.717) is 18.4 Å². The molecule has 0 atom stereocenters. The van der Waals surface area contributed by atoms with Crippen LogP contribution in [0.3, 0.4) is 0 Å². The Morgan fingerprint density at radius 1 is 1.25 bits per heavy atom. The minimum absolute atomic E-state index is 0.131. The number of nitrogens with one attached hydrogen (secondary N) is 1. The van der Waals surface area contributed by atoms with Crippen molar-refractivity contribution in [1.29, 1.82) is 0 Å². The van der Waals surface area contributed by atoms with Crippen LogP contribution in [0.1, 0.15) is 25.7 Å². The third kappa shape index (κ3) is 4.94.